The van der Waals surface area contributed by atoms with Gasteiger partial charge in [-0.05, 0) is 0 Å². The van der Waals surface area contributed by atoms with E-state index in [1.54, 1.807) is 13.2 Å². The molecule has 0 saturated carbocycles. The summed E-state index contributed by atoms with van der Waals surface area (Å²) in [6, 6.07) is 1.78. The molecule has 0 aliphatic heterocycles. The van der Waals surface area contributed by atoms with Crippen molar-refractivity contribution in [1.29, 1.82) is 0 Å². The van der Waals surface area contributed by atoms with E-state index in [0.717, 1.165) is 5.69 Å². The molecule has 1 atom stereocenters. The minimum absolute atomic E-state index is 0.252. The Morgan fingerprint density at radius 2 is 2.25 bits per heavy atom. The third-order valence-corrected chi connectivity index (χ3v) is 1.93. The van der Waals surface area contributed by atoms with E-state index in [4.69, 9.17) is 10.5 Å². The minimum atomic E-state index is 0.252. The van der Waals surface area contributed by atoms with E-state index in [9.17, 15) is 0 Å². The molecule has 0 amide bonds. The third kappa shape index (κ3) is 2.09. The molecule has 1 heterocycles. The van der Waals surface area contributed by atoms with Crippen LogP contribution in [0.25, 0.3) is 0 Å². The summed E-state index contributed by atoms with van der Waals surface area (Å²) in [6.07, 6.45) is 0. The quantitative estimate of drug-likeness (QED) is 0.731. The first kappa shape index (κ1) is 9.29. The topological polar surface area (TPSA) is 61.0 Å². The Labute approximate surface area is 79.4 Å². The Kier molecular flexibility index (Phi) is 2.89. The van der Waals surface area contributed by atoms with Crippen molar-refractivity contribution in [2.45, 2.75) is 11.7 Å². The molecule has 12 heavy (non-hydrogen) atoms. The number of anilines is 1. The maximum absolute atomic E-state index is 5.46. The number of nitrogens with two attached hydrogens (primary N) is 1. The summed E-state index contributed by atoms with van der Waals surface area (Å²) in [5.41, 5.74) is 6.34. The molecule has 2 N–H and O–H groups in total. The number of hydrogen-bond donors (Lipinski definition) is 1. The van der Waals surface area contributed by atoms with Gasteiger partial charge in [0.15, 0.2) is 0 Å². The molecule has 0 spiro atoms. The van der Waals surface area contributed by atoms with Gasteiger partial charge in [-0.25, -0.2) is 0 Å². The van der Waals surface area contributed by atoms with Crippen molar-refractivity contribution in [3.63, 3.8) is 0 Å². The van der Waals surface area contributed by atoms with Gasteiger partial charge in [-0.15, -0.1) is 0 Å². The molecule has 0 bridgehead atoms. The molecule has 1 aromatic rings. The van der Waals surface area contributed by atoms with Gasteiger partial charge in [0.25, 0.3) is 0 Å². The van der Waals surface area contributed by atoms with Gasteiger partial charge in [0.05, 0.1) is 0 Å². The van der Waals surface area contributed by atoms with Crippen LogP contribution in [0.2, 0.25) is 0 Å². The van der Waals surface area contributed by atoms with Crippen LogP contribution in [-0.4, -0.2) is 33.1 Å². The molecule has 1 unspecified atom stereocenters. The van der Waals surface area contributed by atoms with Gasteiger partial charge in [-0.1, -0.05) is 0 Å². The van der Waals surface area contributed by atoms with Gasteiger partial charge in [-0.3, -0.25) is 0 Å². The molecule has 5 heteroatoms. The van der Waals surface area contributed by atoms with E-state index in [0.29, 0.717) is 5.88 Å². The van der Waals surface area contributed by atoms with Crippen molar-refractivity contribution in [1.82, 2.24) is 9.97 Å². The summed E-state index contributed by atoms with van der Waals surface area (Å²) >= 11 is 2.49. The van der Waals surface area contributed by atoms with Crippen molar-refractivity contribution < 1.29 is 4.74 Å². The summed E-state index contributed by atoms with van der Waals surface area (Å²) in [6.45, 7) is 2.02. The van der Waals surface area contributed by atoms with Crippen LogP contribution in [0.4, 0.5) is 5.95 Å². The molecular weight excluding hydrogens is 221 g/mol. The van der Waals surface area contributed by atoms with Gasteiger partial charge in [0.2, 0.25) is 0 Å². The second kappa shape index (κ2) is 3.74. The van der Waals surface area contributed by atoms with Crippen molar-refractivity contribution in [3.8, 4) is 5.88 Å². The molecule has 0 aromatic carbocycles. The fourth-order valence-corrected chi connectivity index (χ4v) is 1.06. The summed E-state index contributed by atoms with van der Waals surface area (Å²) in [7, 11) is 1.56. The number of hydrogen-bond acceptors (Lipinski definition) is 4. The maximum atomic E-state index is 5.46. The van der Waals surface area contributed by atoms with Gasteiger partial charge in [-0.2, -0.15) is 0 Å². The van der Waals surface area contributed by atoms with E-state index in [-0.39, 0.29) is 10.8 Å². The first-order chi connectivity index (χ1) is 5.63. The normalized spacial score (nSPS) is 12.6. The van der Waals surface area contributed by atoms with Crippen LogP contribution in [0.5, 0.6) is 5.88 Å². The first-order valence-corrected chi connectivity index (χ1v) is 4.58. The van der Waals surface area contributed by atoms with E-state index in [1.807, 2.05) is 6.92 Å². The van der Waals surface area contributed by atoms with Crippen molar-refractivity contribution in [3.05, 3.63) is 11.8 Å². The Bertz CT molecular complexity index is 277. The molecule has 1 aromatic heterocycles. The number of methoxy groups -OCH3 is 1. The second-order valence-electron chi connectivity index (χ2n) is 2.37. The second-order valence-corrected chi connectivity index (χ2v) is 3.99. The third-order valence-electron chi connectivity index (χ3n) is 1.38. The van der Waals surface area contributed by atoms with Gasteiger partial charge < -0.3 is 0 Å². The molecule has 0 saturated heterocycles. The van der Waals surface area contributed by atoms with Crippen molar-refractivity contribution >= 4 is 22.0 Å². The van der Waals surface area contributed by atoms with E-state index < -0.39 is 0 Å². The fraction of sp³-hybridized carbons (Fsp3) is 0.429. The van der Waals surface area contributed by atoms with Crippen LogP contribution >= 0.6 is 0 Å². The number of aromatic nitrogens is 2. The van der Waals surface area contributed by atoms with Crippen molar-refractivity contribution in [2.75, 3.05) is 12.8 Å². The summed E-state index contributed by atoms with van der Waals surface area (Å²) in [5.74, 6) is 0.762. The van der Waals surface area contributed by atoms with Crippen LogP contribution < -0.4 is 10.5 Å². The summed E-state index contributed by atoms with van der Waals surface area (Å²) in [5, 5.41) is 0. The predicted molar refractivity (Wildman–Crippen MR) is 48.6 cm³/mol. The Balaban J connectivity index is 3.06. The summed E-state index contributed by atoms with van der Waals surface area (Å²) < 4.78 is 4.95. The number of nitrogens with zero attached hydrogens (tertiary/aromatic N) is 2. The Morgan fingerprint density at radius 1 is 1.58 bits per heavy atom. The molecule has 0 aliphatic carbocycles. The zero-order valence-corrected chi connectivity index (χ0v) is 8.86. The van der Waals surface area contributed by atoms with Crippen molar-refractivity contribution in [2.24, 2.45) is 0 Å². The van der Waals surface area contributed by atoms with E-state index in [1.165, 1.54) is 0 Å². The van der Waals surface area contributed by atoms with Crippen LogP contribution in [0.3, 0.4) is 0 Å². The fourth-order valence-electron chi connectivity index (χ4n) is 0.780. The van der Waals surface area contributed by atoms with Crippen LogP contribution in [0, 0.1) is 0 Å². The summed E-state index contributed by atoms with van der Waals surface area (Å²) in [4.78, 5) is 8.20. The zero-order chi connectivity index (χ0) is 9.14. The Hall–Kier alpha value is -0.801. The Morgan fingerprint density at radius 3 is 2.75 bits per heavy atom. The SMILES string of the molecule is COc1cc(C(C)[SeH])nc(N)n1. The van der Waals surface area contributed by atoms with E-state index >= 15 is 0 Å². The average molecular weight is 232 g/mol. The van der Waals surface area contributed by atoms with Gasteiger partial charge >= 0.3 is 78.9 Å². The molecule has 1 rings (SSSR count). The standard InChI is InChI=1S/C7H11N3OSe/c1-4(12)5-3-6(11-2)10-7(8)9-5/h3-4,12H,1-2H3,(H2,8,9,10). The average Bonchev–Trinajstić information content (AvgIpc) is 2.03. The zero-order valence-electron chi connectivity index (χ0n) is 6.98. The number of ether oxygens (including phenoxy) is 1. The molecule has 0 radical (unpaired) electrons. The number of rotatable bonds is 2. The monoisotopic (exact) mass is 233 g/mol. The first-order valence-electron chi connectivity index (χ1n) is 3.50. The van der Waals surface area contributed by atoms with Gasteiger partial charge in [0.1, 0.15) is 0 Å². The molecule has 0 aliphatic rings. The molecular formula is C7H11N3OSe. The van der Waals surface area contributed by atoms with Crippen LogP contribution in [0.1, 0.15) is 17.4 Å². The molecule has 66 valence electrons. The van der Waals surface area contributed by atoms with Gasteiger partial charge in [0, 0.05) is 0 Å². The molecule has 4 nitrogen and oxygen atoms in total. The molecule has 0 fully saturated rings. The van der Waals surface area contributed by atoms with E-state index in [2.05, 4.69) is 26.0 Å². The van der Waals surface area contributed by atoms with Crippen LogP contribution in [-0.2, 0) is 0 Å². The predicted octanol–water partition coefficient (Wildman–Crippen LogP) is 0.0292. The van der Waals surface area contributed by atoms with Crippen LogP contribution in [0.15, 0.2) is 6.07 Å². The number of nitrogen functional groups attached to an aromatic ring is 1.